The number of anilines is 1. The summed E-state index contributed by atoms with van der Waals surface area (Å²) in [4.78, 5) is 14.2. The van der Waals surface area contributed by atoms with Crippen LogP contribution in [-0.4, -0.2) is 17.4 Å². The maximum atomic E-state index is 12.4. The standard InChI is InChI=1S/C15H17ClN2O2/c1-2-8-18(10-11-3-5-12(17)6-4-11)15(19)13-7-9-20-14(13)16/h3-7,9H,2,8,10,17H2,1H3. The first kappa shape index (κ1) is 14.5. The SMILES string of the molecule is CCCN(Cc1ccc(N)cc1)C(=O)c1ccoc1Cl. The number of rotatable bonds is 5. The Morgan fingerprint density at radius 3 is 2.55 bits per heavy atom. The molecule has 0 saturated heterocycles. The Hall–Kier alpha value is -1.94. The summed E-state index contributed by atoms with van der Waals surface area (Å²) in [6, 6.07) is 9.09. The number of carbonyl (C=O) groups is 1. The van der Waals surface area contributed by atoms with Crippen LogP contribution in [0.15, 0.2) is 41.0 Å². The maximum Gasteiger partial charge on any atom is 0.259 e. The van der Waals surface area contributed by atoms with Crippen molar-refractivity contribution in [2.45, 2.75) is 19.9 Å². The summed E-state index contributed by atoms with van der Waals surface area (Å²) in [6.07, 6.45) is 2.29. The average molecular weight is 293 g/mol. The van der Waals surface area contributed by atoms with Gasteiger partial charge in [-0.3, -0.25) is 4.79 Å². The first-order chi connectivity index (χ1) is 9.61. The molecule has 1 aromatic carbocycles. The van der Waals surface area contributed by atoms with E-state index < -0.39 is 0 Å². The van der Waals surface area contributed by atoms with Crippen LogP contribution in [-0.2, 0) is 6.54 Å². The summed E-state index contributed by atoms with van der Waals surface area (Å²) in [7, 11) is 0. The Morgan fingerprint density at radius 1 is 1.30 bits per heavy atom. The van der Waals surface area contributed by atoms with Gasteiger partial charge in [0, 0.05) is 18.8 Å². The Kier molecular flexibility index (Phi) is 4.69. The second-order valence-electron chi connectivity index (χ2n) is 4.58. The molecule has 106 valence electrons. The Bertz CT molecular complexity index is 578. The quantitative estimate of drug-likeness (QED) is 0.857. The molecule has 0 aliphatic carbocycles. The minimum atomic E-state index is -0.123. The molecule has 0 aliphatic heterocycles. The van der Waals surface area contributed by atoms with Crippen LogP contribution in [0.4, 0.5) is 5.69 Å². The van der Waals surface area contributed by atoms with E-state index in [1.54, 1.807) is 11.0 Å². The predicted molar refractivity (Wildman–Crippen MR) is 79.6 cm³/mol. The molecule has 1 heterocycles. The number of benzene rings is 1. The lowest BCUT2D eigenvalue weighted by Gasteiger charge is -2.22. The zero-order chi connectivity index (χ0) is 14.5. The summed E-state index contributed by atoms with van der Waals surface area (Å²) in [5.74, 6) is -0.123. The topological polar surface area (TPSA) is 59.5 Å². The number of nitrogen functional groups attached to an aromatic ring is 1. The van der Waals surface area contributed by atoms with Crippen LogP contribution in [0.25, 0.3) is 0 Å². The van der Waals surface area contributed by atoms with Crippen LogP contribution in [0.2, 0.25) is 5.22 Å². The molecule has 0 unspecified atom stereocenters. The summed E-state index contributed by atoms with van der Waals surface area (Å²) in [5.41, 5.74) is 7.80. The molecule has 20 heavy (non-hydrogen) atoms. The molecule has 0 atom stereocenters. The third-order valence-corrected chi connectivity index (χ3v) is 3.27. The van der Waals surface area contributed by atoms with Crippen LogP contribution in [0, 0.1) is 0 Å². The summed E-state index contributed by atoms with van der Waals surface area (Å²) in [6.45, 7) is 3.21. The lowest BCUT2D eigenvalue weighted by Crippen LogP contribution is -2.31. The first-order valence-electron chi connectivity index (χ1n) is 6.48. The van der Waals surface area contributed by atoms with E-state index in [1.807, 2.05) is 31.2 Å². The van der Waals surface area contributed by atoms with Crippen LogP contribution in [0.3, 0.4) is 0 Å². The van der Waals surface area contributed by atoms with Crippen LogP contribution in [0.1, 0.15) is 29.3 Å². The van der Waals surface area contributed by atoms with Crippen molar-refractivity contribution in [1.29, 1.82) is 0 Å². The number of carbonyl (C=O) groups excluding carboxylic acids is 1. The van der Waals surface area contributed by atoms with Crippen molar-refractivity contribution < 1.29 is 9.21 Å². The normalized spacial score (nSPS) is 10.5. The lowest BCUT2D eigenvalue weighted by atomic mass is 10.1. The van der Waals surface area contributed by atoms with Gasteiger partial charge in [0.2, 0.25) is 5.22 Å². The van der Waals surface area contributed by atoms with Crippen molar-refractivity contribution in [2.24, 2.45) is 0 Å². The number of nitrogens with zero attached hydrogens (tertiary/aromatic N) is 1. The van der Waals surface area contributed by atoms with E-state index in [0.29, 0.717) is 24.3 Å². The molecule has 0 saturated carbocycles. The molecule has 5 heteroatoms. The highest BCUT2D eigenvalue weighted by Crippen LogP contribution is 2.20. The fourth-order valence-corrected chi connectivity index (χ4v) is 2.18. The van der Waals surface area contributed by atoms with E-state index >= 15 is 0 Å². The summed E-state index contributed by atoms with van der Waals surface area (Å²) >= 11 is 5.87. The number of amides is 1. The van der Waals surface area contributed by atoms with Crippen LogP contribution < -0.4 is 5.73 Å². The van der Waals surface area contributed by atoms with Crippen molar-refractivity contribution in [1.82, 2.24) is 4.90 Å². The second kappa shape index (κ2) is 6.48. The van der Waals surface area contributed by atoms with Gasteiger partial charge in [0.25, 0.3) is 5.91 Å². The van der Waals surface area contributed by atoms with Gasteiger partial charge in [-0.2, -0.15) is 0 Å². The minimum Gasteiger partial charge on any atom is -0.452 e. The van der Waals surface area contributed by atoms with Crippen molar-refractivity contribution in [2.75, 3.05) is 12.3 Å². The van der Waals surface area contributed by atoms with E-state index in [-0.39, 0.29) is 11.1 Å². The van der Waals surface area contributed by atoms with Crippen molar-refractivity contribution in [3.05, 3.63) is 52.9 Å². The average Bonchev–Trinajstić information content (AvgIpc) is 2.86. The molecule has 4 nitrogen and oxygen atoms in total. The predicted octanol–water partition coefficient (Wildman–Crippen LogP) is 3.57. The highest BCUT2D eigenvalue weighted by Gasteiger charge is 2.19. The zero-order valence-electron chi connectivity index (χ0n) is 11.3. The minimum absolute atomic E-state index is 0.123. The van der Waals surface area contributed by atoms with Gasteiger partial charge in [-0.15, -0.1) is 0 Å². The fraction of sp³-hybridized carbons (Fsp3) is 0.267. The molecule has 2 N–H and O–H groups in total. The lowest BCUT2D eigenvalue weighted by molar-refractivity contribution is 0.0742. The van der Waals surface area contributed by atoms with Crippen LogP contribution in [0.5, 0.6) is 0 Å². The fourth-order valence-electron chi connectivity index (χ4n) is 1.98. The molecule has 0 spiro atoms. The number of furan rings is 1. The van der Waals surface area contributed by atoms with E-state index in [4.69, 9.17) is 21.8 Å². The molecule has 0 fully saturated rings. The number of hydrogen-bond acceptors (Lipinski definition) is 3. The van der Waals surface area contributed by atoms with E-state index in [9.17, 15) is 4.79 Å². The van der Waals surface area contributed by atoms with Gasteiger partial charge in [-0.05, 0) is 41.8 Å². The zero-order valence-corrected chi connectivity index (χ0v) is 12.1. The van der Waals surface area contributed by atoms with Crippen molar-refractivity contribution >= 4 is 23.2 Å². The number of hydrogen-bond donors (Lipinski definition) is 1. The number of nitrogens with two attached hydrogens (primary N) is 1. The largest absolute Gasteiger partial charge is 0.452 e. The Morgan fingerprint density at radius 2 is 2.00 bits per heavy atom. The number of halogens is 1. The van der Waals surface area contributed by atoms with E-state index in [0.717, 1.165) is 12.0 Å². The molecule has 0 bridgehead atoms. The smallest absolute Gasteiger partial charge is 0.259 e. The molecule has 1 aromatic heterocycles. The van der Waals surface area contributed by atoms with Gasteiger partial charge in [0.15, 0.2) is 0 Å². The van der Waals surface area contributed by atoms with Gasteiger partial charge in [-0.25, -0.2) is 0 Å². The molecule has 1 amide bonds. The van der Waals surface area contributed by atoms with E-state index in [1.165, 1.54) is 6.26 Å². The summed E-state index contributed by atoms with van der Waals surface area (Å²) in [5, 5.41) is 0.133. The molecular weight excluding hydrogens is 276 g/mol. The van der Waals surface area contributed by atoms with Crippen molar-refractivity contribution in [3.8, 4) is 0 Å². The molecular formula is C15H17ClN2O2. The molecule has 2 rings (SSSR count). The molecule has 0 radical (unpaired) electrons. The Labute approximate surface area is 123 Å². The molecule has 0 aliphatic rings. The highest BCUT2D eigenvalue weighted by atomic mass is 35.5. The van der Waals surface area contributed by atoms with Gasteiger partial charge in [0.1, 0.15) is 0 Å². The second-order valence-corrected chi connectivity index (χ2v) is 4.92. The maximum absolute atomic E-state index is 12.4. The highest BCUT2D eigenvalue weighted by molar-refractivity contribution is 6.32. The Balaban J connectivity index is 2.16. The van der Waals surface area contributed by atoms with Gasteiger partial charge >= 0.3 is 0 Å². The molecule has 2 aromatic rings. The van der Waals surface area contributed by atoms with E-state index in [2.05, 4.69) is 0 Å². The van der Waals surface area contributed by atoms with Crippen LogP contribution >= 0.6 is 11.6 Å². The third-order valence-electron chi connectivity index (χ3n) is 2.98. The first-order valence-corrected chi connectivity index (χ1v) is 6.86. The third kappa shape index (κ3) is 3.33. The van der Waals surface area contributed by atoms with Gasteiger partial charge in [0.05, 0.1) is 11.8 Å². The summed E-state index contributed by atoms with van der Waals surface area (Å²) < 4.78 is 4.98. The van der Waals surface area contributed by atoms with Crippen molar-refractivity contribution in [3.63, 3.8) is 0 Å². The van der Waals surface area contributed by atoms with Gasteiger partial charge in [-0.1, -0.05) is 19.1 Å². The monoisotopic (exact) mass is 292 g/mol. The van der Waals surface area contributed by atoms with Gasteiger partial charge < -0.3 is 15.1 Å².